The number of benzene rings is 2. The number of rotatable bonds is 3. The van der Waals surface area contributed by atoms with Gasteiger partial charge in [0.2, 0.25) is 0 Å². The molecular formula is C22H21F3N2O. The SMILES string of the molecule is N#Cc1ccc(C(F)(F)F)cc1C1(O)CC2CCC(C1)N2Cc1ccccc1. The predicted octanol–water partition coefficient (Wildman–Crippen LogP) is 4.59. The molecule has 2 atom stereocenters. The van der Waals surface area contributed by atoms with Crippen molar-refractivity contribution in [2.75, 3.05) is 0 Å². The normalized spacial score (nSPS) is 27.5. The van der Waals surface area contributed by atoms with E-state index in [0.29, 0.717) is 12.8 Å². The van der Waals surface area contributed by atoms with Crippen LogP contribution in [0.4, 0.5) is 13.2 Å². The van der Waals surface area contributed by atoms with E-state index in [0.717, 1.165) is 31.5 Å². The number of nitriles is 1. The molecule has 2 aliphatic rings. The van der Waals surface area contributed by atoms with Gasteiger partial charge in [-0.25, -0.2) is 0 Å². The Kier molecular flexibility index (Phi) is 4.68. The Labute approximate surface area is 162 Å². The van der Waals surface area contributed by atoms with Gasteiger partial charge in [-0.15, -0.1) is 0 Å². The molecule has 2 saturated heterocycles. The summed E-state index contributed by atoms with van der Waals surface area (Å²) in [6, 6.07) is 15.2. The fourth-order valence-electron chi connectivity index (χ4n) is 4.79. The van der Waals surface area contributed by atoms with Gasteiger partial charge in [-0.2, -0.15) is 18.4 Å². The molecule has 0 aromatic heterocycles. The van der Waals surface area contributed by atoms with Gasteiger partial charge in [0, 0.05) is 24.2 Å². The van der Waals surface area contributed by atoms with E-state index in [4.69, 9.17) is 0 Å². The highest BCUT2D eigenvalue weighted by molar-refractivity contribution is 5.45. The first-order valence-electron chi connectivity index (χ1n) is 9.44. The van der Waals surface area contributed by atoms with Gasteiger partial charge in [0.1, 0.15) is 0 Å². The fourth-order valence-corrected chi connectivity index (χ4v) is 4.79. The van der Waals surface area contributed by atoms with Crippen LogP contribution in [0.1, 0.15) is 47.9 Å². The number of halogens is 3. The van der Waals surface area contributed by atoms with Gasteiger partial charge in [0.05, 0.1) is 22.8 Å². The van der Waals surface area contributed by atoms with Crippen LogP contribution in [0.25, 0.3) is 0 Å². The lowest BCUT2D eigenvalue weighted by molar-refractivity contribution is -0.137. The number of aliphatic hydroxyl groups is 1. The number of hydrogen-bond donors (Lipinski definition) is 1. The topological polar surface area (TPSA) is 47.3 Å². The van der Waals surface area contributed by atoms with E-state index < -0.39 is 17.3 Å². The summed E-state index contributed by atoms with van der Waals surface area (Å²) in [5.41, 5.74) is -0.825. The molecule has 6 heteroatoms. The molecule has 2 bridgehead atoms. The van der Waals surface area contributed by atoms with Crippen molar-refractivity contribution in [2.45, 2.75) is 56.1 Å². The van der Waals surface area contributed by atoms with Crippen molar-refractivity contribution in [2.24, 2.45) is 0 Å². The van der Waals surface area contributed by atoms with E-state index in [1.54, 1.807) is 0 Å². The summed E-state index contributed by atoms with van der Waals surface area (Å²) >= 11 is 0. The maximum absolute atomic E-state index is 13.2. The summed E-state index contributed by atoms with van der Waals surface area (Å²) in [4.78, 5) is 2.35. The minimum absolute atomic E-state index is 0.0880. The van der Waals surface area contributed by atoms with Crippen LogP contribution in [0.3, 0.4) is 0 Å². The molecule has 2 aromatic carbocycles. The molecule has 0 aliphatic carbocycles. The van der Waals surface area contributed by atoms with E-state index in [-0.39, 0.29) is 23.2 Å². The molecule has 0 spiro atoms. The molecule has 2 unspecified atom stereocenters. The zero-order chi connectivity index (χ0) is 19.9. The molecular weight excluding hydrogens is 365 g/mol. The summed E-state index contributed by atoms with van der Waals surface area (Å²) < 4.78 is 39.6. The highest BCUT2D eigenvalue weighted by Gasteiger charge is 2.49. The standard InChI is InChI=1S/C22H21F3N2O/c23-22(24,25)17-7-6-16(13-26)20(10-17)21(28)11-18-8-9-19(12-21)27(18)14-15-4-2-1-3-5-15/h1-7,10,18-19,28H,8-9,11-12,14H2. The molecule has 1 N–H and O–H groups in total. The minimum atomic E-state index is -4.51. The Morgan fingerprint density at radius 1 is 1.07 bits per heavy atom. The first-order valence-corrected chi connectivity index (χ1v) is 9.44. The van der Waals surface area contributed by atoms with Gasteiger partial charge in [-0.1, -0.05) is 30.3 Å². The Balaban J connectivity index is 1.64. The summed E-state index contributed by atoms with van der Waals surface area (Å²) in [6.45, 7) is 0.764. The summed E-state index contributed by atoms with van der Waals surface area (Å²) in [5.74, 6) is 0. The third-order valence-corrected chi connectivity index (χ3v) is 6.09. The summed E-state index contributed by atoms with van der Waals surface area (Å²) in [6.07, 6.45) is -2.02. The maximum atomic E-state index is 13.2. The van der Waals surface area contributed by atoms with E-state index in [1.807, 2.05) is 24.3 Å². The van der Waals surface area contributed by atoms with Crippen molar-refractivity contribution in [1.29, 1.82) is 5.26 Å². The Morgan fingerprint density at radius 3 is 2.29 bits per heavy atom. The number of hydrogen-bond acceptors (Lipinski definition) is 3. The Morgan fingerprint density at radius 2 is 1.71 bits per heavy atom. The average molecular weight is 386 g/mol. The highest BCUT2D eigenvalue weighted by Crippen LogP contribution is 2.47. The van der Waals surface area contributed by atoms with Crippen LogP contribution < -0.4 is 0 Å². The van der Waals surface area contributed by atoms with Gasteiger partial charge in [-0.05, 0) is 49.4 Å². The lowest BCUT2D eigenvalue weighted by Gasteiger charge is -2.44. The van der Waals surface area contributed by atoms with Gasteiger partial charge in [-0.3, -0.25) is 4.90 Å². The molecule has 0 radical (unpaired) electrons. The third kappa shape index (κ3) is 3.41. The van der Waals surface area contributed by atoms with E-state index in [2.05, 4.69) is 17.0 Å². The highest BCUT2D eigenvalue weighted by atomic mass is 19.4. The predicted molar refractivity (Wildman–Crippen MR) is 98.1 cm³/mol. The van der Waals surface area contributed by atoms with Crippen LogP contribution in [0.5, 0.6) is 0 Å². The van der Waals surface area contributed by atoms with Gasteiger partial charge >= 0.3 is 6.18 Å². The zero-order valence-electron chi connectivity index (χ0n) is 15.3. The van der Waals surface area contributed by atoms with Crippen LogP contribution in [0.2, 0.25) is 0 Å². The van der Waals surface area contributed by atoms with Crippen molar-refractivity contribution in [3.05, 3.63) is 70.8 Å². The molecule has 146 valence electrons. The summed E-state index contributed by atoms with van der Waals surface area (Å²) in [5, 5.41) is 20.8. The van der Waals surface area contributed by atoms with Crippen molar-refractivity contribution in [3.63, 3.8) is 0 Å². The minimum Gasteiger partial charge on any atom is -0.385 e. The quantitative estimate of drug-likeness (QED) is 0.839. The smallest absolute Gasteiger partial charge is 0.385 e. The first kappa shape index (κ1) is 19.0. The van der Waals surface area contributed by atoms with E-state index in [9.17, 15) is 23.5 Å². The molecule has 2 aliphatic heterocycles. The van der Waals surface area contributed by atoms with Gasteiger partial charge < -0.3 is 5.11 Å². The van der Waals surface area contributed by atoms with Gasteiger partial charge in [0.15, 0.2) is 0 Å². The second kappa shape index (κ2) is 6.91. The van der Waals surface area contributed by atoms with Crippen LogP contribution >= 0.6 is 0 Å². The second-order valence-corrected chi connectivity index (χ2v) is 7.85. The lowest BCUT2D eigenvalue weighted by atomic mass is 9.78. The lowest BCUT2D eigenvalue weighted by Crippen LogP contribution is -2.49. The molecule has 2 fully saturated rings. The van der Waals surface area contributed by atoms with E-state index >= 15 is 0 Å². The fraction of sp³-hybridized carbons (Fsp3) is 0.409. The molecule has 0 amide bonds. The van der Waals surface area contributed by atoms with Crippen molar-refractivity contribution >= 4 is 0 Å². The van der Waals surface area contributed by atoms with Crippen LogP contribution in [0.15, 0.2) is 48.5 Å². The maximum Gasteiger partial charge on any atom is 0.416 e. The molecule has 0 saturated carbocycles. The monoisotopic (exact) mass is 386 g/mol. The van der Waals surface area contributed by atoms with Crippen LogP contribution in [-0.2, 0) is 18.3 Å². The molecule has 2 heterocycles. The first-order chi connectivity index (χ1) is 13.3. The van der Waals surface area contributed by atoms with Crippen molar-refractivity contribution < 1.29 is 18.3 Å². The molecule has 3 nitrogen and oxygen atoms in total. The second-order valence-electron chi connectivity index (χ2n) is 7.85. The Hall–Kier alpha value is -2.36. The molecule has 2 aromatic rings. The number of alkyl halides is 3. The zero-order valence-corrected chi connectivity index (χ0v) is 15.3. The number of nitrogens with zero attached hydrogens (tertiary/aromatic N) is 2. The van der Waals surface area contributed by atoms with Crippen LogP contribution in [0, 0.1) is 11.3 Å². The molecule has 4 rings (SSSR count). The van der Waals surface area contributed by atoms with E-state index in [1.165, 1.54) is 11.6 Å². The number of piperidine rings is 1. The largest absolute Gasteiger partial charge is 0.416 e. The van der Waals surface area contributed by atoms with Crippen molar-refractivity contribution in [1.82, 2.24) is 4.90 Å². The Bertz CT molecular complexity index is 890. The average Bonchev–Trinajstić information content (AvgIpc) is 2.91. The van der Waals surface area contributed by atoms with Crippen LogP contribution in [-0.4, -0.2) is 22.1 Å². The van der Waals surface area contributed by atoms with Crippen molar-refractivity contribution in [3.8, 4) is 6.07 Å². The summed E-state index contributed by atoms with van der Waals surface area (Å²) in [7, 11) is 0. The van der Waals surface area contributed by atoms with Gasteiger partial charge in [0.25, 0.3) is 0 Å². The molecule has 28 heavy (non-hydrogen) atoms. The third-order valence-electron chi connectivity index (χ3n) is 6.09. The number of fused-ring (bicyclic) bond motifs is 2.